The summed E-state index contributed by atoms with van der Waals surface area (Å²) in [4.78, 5) is 14.9. The Labute approximate surface area is 90.9 Å². The molecule has 2 rings (SSSR count). The first-order chi connectivity index (χ1) is 7.15. The third kappa shape index (κ3) is 1.42. The van der Waals surface area contributed by atoms with Gasteiger partial charge in [0, 0.05) is 5.75 Å². The third-order valence-corrected chi connectivity index (χ3v) is 2.39. The van der Waals surface area contributed by atoms with Crippen LogP contribution in [0.25, 0.3) is 5.52 Å². The average molecular weight is 223 g/mol. The summed E-state index contributed by atoms with van der Waals surface area (Å²) in [7, 11) is 0. The van der Waals surface area contributed by atoms with Gasteiger partial charge >= 0.3 is 5.97 Å². The Morgan fingerprint density at radius 3 is 2.93 bits per heavy atom. The van der Waals surface area contributed by atoms with Gasteiger partial charge in [-0.2, -0.15) is 12.6 Å². The van der Waals surface area contributed by atoms with Crippen molar-refractivity contribution in [3.8, 4) is 0 Å². The largest absolute Gasteiger partial charge is 0.476 e. The zero-order chi connectivity index (χ0) is 11.0. The highest BCUT2D eigenvalue weighted by atomic mass is 32.1. The maximum atomic E-state index is 10.9. The molecule has 0 fully saturated rings. The smallest absolute Gasteiger partial charge is 0.356 e. The van der Waals surface area contributed by atoms with E-state index >= 15 is 0 Å². The molecule has 0 aliphatic carbocycles. The second kappa shape index (κ2) is 3.47. The molecule has 0 aliphatic rings. The van der Waals surface area contributed by atoms with Crippen LogP contribution in [-0.4, -0.2) is 20.5 Å². The summed E-state index contributed by atoms with van der Waals surface area (Å²) in [6.07, 6.45) is 0. The van der Waals surface area contributed by atoms with Gasteiger partial charge in [0.05, 0.1) is 5.52 Å². The van der Waals surface area contributed by atoms with Crippen LogP contribution in [0.15, 0.2) is 18.2 Å². The van der Waals surface area contributed by atoms with E-state index in [1.165, 1.54) is 0 Å². The maximum absolute atomic E-state index is 10.9. The molecule has 0 saturated carbocycles. The molecule has 0 atom stereocenters. The molecule has 0 saturated heterocycles. The van der Waals surface area contributed by atoms with Crippen molar-refractivity contribution in [3.05, 3.63) is 29.7 Å². The number of nitrogen functional groups attached to an aromatic ring is 1. The summed E-state index contributed by atoms with van der Waals surface area (Å²) in [5, 5.41) is 8.94. The Kier molecular flexibility index (Phi) is 2.28. The van der Waals surface area contributed by atoms with E-state index in [9.17, 15) is 4.79 Å². The van der Waals surface area contributed by atoms with E-state index in [2.05, 4.69) is 17.6 Å². The highest BCUT2D eigenvalue weighted by Gasteiger charge is 2.16. The number of fused-ring (bicyclic) bond motifs is 1. The number of carbonyl (C=O) groups is 1. The van der Waals surface area contributed by atoms with Gasteiger partial charge in [0.2, 0.25) is 0 Å². The SMILES string of the molecule is Nc1cccc2c(C(=O)O)nc(CS)n12. The Morgan fingerprint density at radius 2 is 2.33 bits per heavy atom. The van der Waals surface area contributed by atoms with Gasteiger partial charge in [-0.15, -0.1) is 0 Å². The topological polar surface area (TPSA) is 80.6 Å². The molecule has 0 unspecified atom stereocenters. The molecule has 78 valence electrons. The molecule has 2 heterocycles. The number of hydrogen-bond acceptors (Lipinski definition) is 4. The lowest BCUT2D eigenvalue weighted by Gasteiger charge is -2.01. The van der Waals surface area contributed by atoms with E-state index in [0.29, 0.717) is 22.9 Å². The maximum Gasteiger partial charge on any atom is 0.356 e. The minimum Gasteiger partial charge on any atom is -0.476 e. The van der Waals surface area contributed by atoms with Crippen molar-refractivity contribution < 1.29 is 9.90 Å². The van der Waals surface area contributed by atoms with E-state index in [1.54, 1.807) is 22.6 Å². The van der Waals surface area contributed by atoms with Crippen LogP contribution in [0.2, 0.25) is 0 Å². The Morgan fingerprint density at radius 1 is 1.60 bits per heavy atom. The molecule has 3 N–H and O–H groups in total. The van der Waals surface area contributed by atoms with Crippen LogP contribution in [0.5, 0.6) is 0 Å². The first kappa shape index (κ1) is 9.85. The Bertz CT molecular complexity index is 535. The van der Waals surface area contributed by atoms with Crippen molar-refractivity contribution in [1.29, 1.82) is 0 Å². The molecule has 0 aliphatic heterocycles. The fourth-order valence-corrected chi connectivity index (χ4v) is 1.71. The third-order valence-electron chi connectivity index (χ3n) is 2.11. The minimum atomic E-state index is -1.06. The number of anilines is 1. The van der Waals surface area contributed by atoms with E-state index in [1.807, 2.05) is 0 Å². The van der Waals surface area contributed by atoms with Crippen LogP contribution < -0.4 is 5.73 Å². The summed E-state index contributed by atoms with van der Waals surface area (Å²) < 4.78 is 1.59. The van der Waals surface area contributed by atoms with Crippen LogP contribution in [-0.2, 0) is 5.75 Å². The molecule has 15 heavy (non-hydrogen) atoms. The number of rotatable bonds is 2. The summed E-state index contributed by atoms with van der Waals surface area (Å²) in [6.45, 7) is 0. The van der Waals surface area contributed by atoms with E-state index in [-0.39, 0.29) is 5.69 Å². The van der Waals surface area contributed by atoms with Crippen LogP contribution >= 0.6 is 12.6 Å². The number of nitrogens with zero attached hydrogens (tertiary/aromatic N) is 2. The average Bonchev–Trinajstić information content (AvgIpc) is 2.58. The first-order valence-electron chi connectivity index (χ1n) is 4.25. The summed E-state index contributed by atoms with van der Waals surface area (Å²) in [6, 6.07) is 5.05. The van der Waals surface area contributed by atoms with Gasteiger partial charge < -0.3 is 10.8 Å². The van der Waals surface area contributed by atoms with Gasteiger partial charge in [-0.05, 0) is 12.1 Å². The summed E-state index contributed by atoms with van der Waals surface area (Å²) >= 11 is 4.08. The molecule has 2 aromatic heterocycles. The fourth-order valence-electron chi connectivity index (χ4n) is 1.50. The second-order valence-electron chi connectivity index (χ2n) is 3.01. The van der Waals surface area contributed by atoms with Crippen molar-refractivity contribution in [2.24, 2.45) is 0 Å². The minimum absolute atomic E-state index is 0.00588. The first-order valence-corrected chi connectivity index (χ1v) is 4.88. The van der Waals surface area contributed by atoms with Crippen molar-refractivity contribution in [2.45, 2.75) is 5.75 Å². The van der Waals surface area contributed by atoms with Gasteiger partial charge in [-0.1, -0.05) is 6.07 Å². The molecular formula is C9H9N3O2S. The number of pyridine rings is 1. The molecule has 0 spiro atoms. The monoisotopic (exact) mass is 223 g/mol. The highest BCUT2D eigenvalue weighted by Crippen LogP contribution is 2.18. The summed E-state index contributed by atoms with van der Waals surface area (Å²) in [5.74, 6) is 0.259. The normalized spacial score (nSPS) is 10.7. The van der Waals surface area contributed by atoms with E-state index in [4.69, 9.17) is 10.8 Å². The molecule has 0 radical (unpaired) electrons. The standard InChI is InChI=1S/C9H9N3O2S/c10-6-3-1-2-5-8(9(13)14)11-7(4-15)12(5)6/h1-3,15H,4,10H2,(H,13,14). The Balaban J connectivity index is 2.87. The molecule has 0 bridgehead atoms. The summed E-state index contributed by atoms with van der Waals surface area (Å²) in [5.41, 5.74) is 6.24. The second-order valence-corrected chi connectivity index (χ2v) is 3.33. The number of hydrogen-bond donors (Lipinski definition) is 3. The van der Waals surface area contributed by atoms with E-state index < -0.39 is 5.97 Å². The number of carboxylic acids is 1. The lowest BCUT2D eigenvalue weighted by Crippen LogP contribution is -1.99. The van der Waals surface area contributed by atoms with Crippen molar-refractivity contribution >= 4 is 29.9 Å². The number of aromatic carboxylic acids is 1. The Hall–Kier alpha value is -1.69. The van der Waals surface area contributed by atoms with Crippen molar-refractivity contribution in [2.75, 3.05) is 5.73 Å². The molecule has 5 nitrogen and oxygen atoms in total. The fraction of sp³-hybridized carbons (Fsp3) is 0.111. The number of thiol groups is 1. The number of carboxylic acid groups (broad SMARTS) is 1. The number of aromatic nitrogens is 2. The zero-order valence-electron chi connectivity index (χ0n) is 7.71. The van der Waals surface area contributed by atoms with Gasteiger partial charge in [-0.25, -0.2) is 9.78 Å². The van der Waals surface area contributed by atoms with Crippen molar-refractivity contribution in [1.82, 2.24) is 9.38 Å². The number of imidazole rings is 1. The molecule has 0 amide bonds. The van der Waals surface area contributed by atoms with Gasteiger partial charge in [0.15, 0.2) is 5.69 Å². The predicted molar refractivity (Wildman–Crippen MR) is 59.3 cm³/mol. The quantitative estimate of drug-likeness (QED) is 0.665. The van der Waals surface area contributed by atoms with Gasteiger partial charge in [0.25, 0.3) is 0 Å². The molecule has 0 aromatic carbocycles. The highest BCUT2D eigenvalue weighted by molar-refractivity contribution is 7.79. The van der Waals surface area contributed by atoms with Crippen molar-refractivity contribution in [3.63, 3.8) is 0 Å². The molecule has 2 aromatic rings. The van der Waals surface area contributed by atoms with E-state index in [0.717, 1.165) is 0 Å². The molecule has 6 heteroatoms. The predicted octanol–water partition coefficient (Wildman–Crippen LogP) is 1.04. The van der Waals surface area contributed by atoms with Gasteiger partial charge in [-0.3, -0.25) is 4.40 Å². The van der Waals surface area contributed by atoms with Gasteiger partial charge in [0.1, 0.15) is 11.6 Å². The lowest BCUT2D eigenvalue weighted by molar-refractivity contribution is 0.0693. The van der Waals surface area contributed by atoms with Crippen LogP contribution in [0, 0.1) is 0 Å². The van der Waals surface area contributed by atoms with Crippen LogP contribution in [0.4, 0.5) is 5.82 Å². The van der Waals surface area contributed by atoms with Crippen LogP contribution in [0.3, 0.4) is 0 Å². The lowest BCUT2D eigenvalue weighted by atomic mass is 10.3. The zero-order valence-corrected chi connectivity index (χ0v) is 8.61. The van der Waals surface area contributed by atoms with Crippen LogP contribution in [0.1, 0.15) is 16.3 Å². The molecular weight excluding hydrogens is 214 g/mol. The number of nitrogens with two attached hydrogens (primary N) is 1.